The third-order valence-corrected chi connectivity index (χ3v) is 3.33. The Hall–Kier alpha value is -1.69. The van der Waals surface area contributed by atoms with E-state index < -0.39 is 0 Å². The van der Waals surface area contributed by atoms with Crippen molar-refractivity contribution >= 4 is 11.7 Å². The lowest BCUT2D eigenvalue weighted by Crippen LogP contribution is -2.45. The number of rotatable bonds is 4. The Bertz CT molecular complexity index is 421. The van der Waals surface area contributed by atoms with Gasteiger partial charge in [-0.15, -0.1) is 0 Å². The fourth-order valence-corrected chi connectivity index (χ4v) is 2.32. The number of hydrogen-bond donors (Lipinski definition) is 2. The topological polar surface area (TPSA) is 78.4 Å². The Morgan fingerprint density at radius 2 is 2.32 bits per heavy atom. The normalized spacial score (nSPS) is 19.3. The highest BCUT2D eigenvalue weighted by Crippen LogP contribution is 2.18. The van der Waals surface area contributed by atoms with E-state index in [1.54, 1.807) is 11.1 Å². The second-order valence-electron chi connectivity index (χ2n) is 4.65. The summed E-state index contributed by atoms with van der Waals surface area (Å²) in [5.41, 5.74) is 0.335. The van der Waals surface area contributed by atoms with E-state index in [2.05, 4.69) is 15.3 Å². The van der Waals surface area contributed by atoms with Gasteiger partial charge in [0.2, 0.25) is 0 Å². The quantitative estimate of drug-likeness (QED) is 0.844. The van der Waals surface area contributed by atoms with Crippen LogP contribution in [0.25, 0.3) is 0 Å². The molecule has 1 aromatic rings. The van der Waals surface area contributed by atoms with Gasteiger partial charge in [-0.25, -0.2) is 9.97 Å². The lowest BCUT2D eigenvalue weighted by Gasteiger charge is -2.34. The molecule has 0 radical (unpaired) electrons. The Kier molecular flexibility index (Phi) is 4.68. The zero-order chi connectivity index (χ0) is 13.7. The van der Waals surface area contributed by atoms with E-state index >= 15 is 0 Å². The maximum Gasteiger partial charge on any atom is 0.274 e. The van der Waals surface area contributed by atoms with Crippen molar-refractivity contribution in [2.45, 2.75) is 32.2 Å². The Balaban J connectivity index is 2.09. The molecule has 2 rings (SSSR count). The van der Waals surface area contributed by atoms with Gasteiger partial charge in [0, 0.05) is 13.1 Å². The molecule has 0 spiro atoms. The highest BCUT2D eigenvalue weighted by Gasteiger charge is 2.27. The minimum atomic E-state index is -0.144. The molecule has 1 unspecified atom stereocenters. The summed E-state index contributed by atoms with van der Waals surface area (Å²) in [4.78, 5) is 22.3. The smallest absolute Gasteiger partial charge is 0.274 e. The molecule has 19 heavy (non-hydrogen) atoms. The maximum atomic E-state index is 12.3. The van der Waals surface area contributed by atoms with Crippen LogP contribution in [0.15, 0.2) is 12.4 Å². The van der Waals surface area contributed by atoms with E-state index in [0.29, 0.717) is 18.1 Å². The lowest BCUT2D eigenvalue weighted by atomic mass is 10.0. The highest BCUT2D eigenvalue weighted by molar-refractivity contribution is 5.92. The molecule has 1 aliphatic heterocycles. The van der Waals surface area contributed by atoms with E-state index in [1.807, 2.05) is 6.92 Å². The van der Waals surface area contributed by atoms with Gasteiger partial charge in [-0.1, -0.05) is 0 Å². The Morgan fingerprint density at radius 1 is 1.47 bits per heavy atom. The molecule has 6 nitrogen and oxygen atoms in total. The summed E-state index contributed by atoms with van der Waals surface area (Å²) in [6, 6.07) is -0.0866. The SMILES string of the molecule is CCNc1cnc(C(=O)N2CCCCC2CO)cn1. The van der Waals surface area contributed by atoms with Crippen molar-refractivity contribution in [3.05, 3.63) is 18.1 Å². The summed E-state index contributed by atoms with van der Waals surface area (Å²) < 4.78 is 0. The number of carbonyl (C=O) groups excluding carboxylic acids is 1. The average Bonchev–Trinajstić information content (AvgIpc) is 2.47. The second-order valence-corrected chi connectivity index (χ2v) is 4.65. The Labute approximate surface area is 112 Å². The number of amides is 1. The molecular formula is C13H20N4O2. The fraction of sp³-hybridized carbons (Fsp3) is 0.615. The summed E-state index contributed by atoms with van der Waals surface area (Å²) >= 11 is 0. The molecule has 104 valence electrons. The van der Waals surface area contributed by atoms with Crippen molar-refractivity contribution in [3.63, 3.8) is 0 Å². The number of aliphatic hydroxyl groups excluding tert-OH is 1. The van der Waals surface area contributed by atoms with Gasteiger partial charge in [0.25, 0.3) is 5.91 Å². The second kappa shape index (κ2) is 6.47. The third-order valence-electron chi connectivity index (χ3n) is 3.33. The number of nitrogens with one attached hydrogen (secondary N) is 1. The van der Waals surface area contributed by atoms with Gasteiger partial charge in [-0.3, -0.25) is 4.79 Å². The molecule has 2 N–H and O–H groups in total. The van der Waals surface area contributed by atoms with Crippen molar-refractivity contribution in [1.82, 2.24) is 14.9 Å². The molecule has 0 aliphatic carbocycles. The van der Waals surface area contributed by atoms with Crippen LogP contribution in [0.2, 0.25) is 0 Å². The summed E-state index contributed by atoms with van der Waals surface area (Å²) in [5, 5.41) is 12.4. The predicted octanol–water partition coefficient (Wildman–Crippen LogP) is 0.895. The molecule has 1 aromatic heterocycles. The van der Waals surface area contributed by atoms with E-state index in [1.165, 1.54) is 6.20 Å². The van der Waals surface area contributed by atoms with Gasteiger partial charge in [-0.05, 0) is 26.2 Å². The molecule has 1 atom stereocenters. The average molecular weight is 264 g/mol. The molecule has 0 saturated carbocycles. The zero-order valence-corrected chi connectivity index (χ0v) is 11.2. The number of hydrogen-bond acceptors (Lipinski definition) is 5. The summed E-state index contributed by atoms with van der Waals surface area (Å²) in [7, 11) is 0. The minimum absolute atomic E-state index is 0.00857. The first-order valence-electron chi connectivity index (χ1n) is 6.74. The molecule has 1 aliphatic rings. The lowest BCUT2D eigenvalue weighted by molar-refractivity contribution is 0.0497. The molecule has 0 aromatic carbocycles. The van der Waals surface area contributed by atoms with Crippen molar-refractivity contribution < 1.29 is 9.90 Å². The van der Waals surface area contributed by atoms with E-state index in [9.17, 15) is 9.90 Å². The predicted molar refractivity (Wildman–Crippen MR) is 72.0 cm³/mol. The van der Waals surface area contributed by atoms with Crippen LogP contribution in [-0.4, -0.2) is 51.6 Å². The number of likely N-dealkylation sites (tertiary alicyclic amines) is 1. The van der Waals surface area contributed by atoms with Crippen molar-refractivity contribution in [1.29, 1.82) is 0 Å². The number of nitrogens with zero attached hydrogens (tertiary/aromatic N) is 3. The number of anilines is 1. The number of aliphatic hydroxyl groups is 1. The van der Waals surface area contributed by atoms with Crippen LogP contribution in [-0.2, 0) is 0 Å². The standard InChI is InChI=1S/C13H20N4O2/c1-2-14-12-8-15-11(7-16-12)13(19)17-6-4-3-5-10(17)9-18/h7-8,10,18H,2-6,9H2,1H3,(H,14,16). The summed E-state index contributed by atoms with van der Waals surface area (Å²) in [6.07, 6.45) is 5.94. The van der Waals surface area contributed by atoms with Gasteiger partial charge in [0.05, 0.1) is 25.0 Å². The molecular weight excluding hydrogens is 244 g/mol. The number of aromatic nitrogens is 2. The molecule has 2 heterocycles. The summed E-state index contributed by atoms with van der Waals surface area (Å²) in [5.74, 6) is 0.519. The van der Waals surface area contributed by atoms with Gasteiger partial charge < -0.3 is 15.3 Å². The maximum absolute atomic E-state index is 12.3. The molecule has 0 bridgehead atoms. The van der Waals surface area contributed by atoms with E-state index in [4.69, 9.17) is 0 Å². The van der Waals surface area contributed by atoms with Crippen LogP contribution >= 0.6 is 0 Å². The summed E-state index contributed by atoms with van der Waals surface area (Å²) in [6.45, 7) is 3.43. The minimum Gasteiger partial charge on any atom is -0.394 e. The number of carbonyl (C=O) groups is 1. The van der Waals surface area contributed by atoms with Crippen LogP contribution in [0, 0.1) is 0 Å². The van der Waals surface area contributed by atoms with Crippen LogP contribution in [0.3, 0.4) is 0 Å². The molecule has 1 saturated heterocycles. The molecule has 6 heteroatoms. The Morgan fingerprint density at radius 3 is 2.95 bits per heavy atom. The van der Waals surface area contributed by atoms with Crippen LogP contribution in [0.5, 0.6) is 0 Å². The molecule has 1 amide bonds. The fourth-order valence-electron chi connectivity index (χ4n) is 2.32. The van der Waals surface area contributed by atoms with Crippen molar-refractivity contribution in [3.8, 4) is 0 Å². The molecule has 1 fully saturated rings. The van der Waals surface area contributed by atoms with Gasteiger partial charge in [0.1, 0.15) is 11.5 Å². The van der Waals surface area contributed by atoms with Gasteiger partial charge in [0.15, 0.2) is 0 Å². The van der Waals surface area contributed by atoms with E-state index in [-0.39, 0.29) is 18.6 Å². The first-order chi connectivity index (χ1) is 9.26. The largest absolute Gasteiger partial charge is 0.394 e. The monoisotopic (exact) mass is 264 g/mol. The first-order valence-corrected chi connectivity index (χ1v) is 6.74. The third kappa shape index (κ3) is 3.20. The van der Waals surface area contributed by atoms with Gasteiger partial charge in [-0.2, -0.15) is 0 Å². The van der Waals surface area contributed by atoms with Crippen LogP contribution in [0.1, 0.15) is 36.7 Å². The van der Waals surface area contributed by atoms with Crippen molar-refractivity contribution in [2.24, 2.45) is 0 Å². The van der Waals surface area contributed by atoms with E-state index in [0.717, 1.165) is 25.8 Å². The zero-order valence-electron chi connectivity index (χ0n) is 11.2. The van der Waals surface area contributed by atoms with Gasteiger partial charge >= 0.3 is 0 Å². The van der Waals surface area contributed by atoms with Crippen molar-refractivity contribution in [2.75, 3.05) is 25.0 Å². The highest BCUT2D eigenvalue weighted by atomic mass is 16.3. The number of piperidine rings is 1. The van der Waals surface area contributed by atoms with Crippen LogP contribution < -0.4 is 5.32 Å². The van der Waals surface area contributed by atoms with Crippen LogP contribution in [0.4, 0.5) is 5.82 Å². The first kappa shape index (κ1) is 13.7.